The molecule has 0 aliphatic rings. The fourth-order valence-electron chi connectivity index (χ4n) is 2.99. The summed E-state index contributed by atoms with van der Waals surface area (Å²) in [5.41, 5.74) is 1.39. The van der Waals surface area contributed by atoms with Crippen molar-refractivity contribution in [3.63, 3.8) is 0 Å². The molecular formula is C23H19Cl3N4O3. The zero-order valence-corrected chi connectivity index (χ0v) is 20.0. The fourth-order valence-corrected chi connectivity index (χ4v) is 3.56. The van der Waals surface area contributed by atoms with Crippen LogP contribution in [0.25, 0.3) is 0 Å². The van der Waals surface area contributed by atoms with Gasteiger partial charge in [-0.1, -0.05) is 40.9 Å². The number of benzene rings is 2. The van der Waals surface area contributed by atoms with Gasteiger partial charge in [0.05, 0.1) is 33.6 Å². The SMILES string of the molecule is CN(C)C(=O)c1ccc(N(Cc2ccc(Cl)c(Cl)c2)C(=O)CC(=O)c2ncccn2)cc1Cl. The van der Waals surface area contributed by atoms with E-state index in [1.54, 1.807) is 44.4 Å². The molecule has 7 nitrogen and oxygen atoms in total. The monoisotopic (exact) mass is 504 g/mol. The van der Waals surface area contributed by atoms with Crippen molar-refractivity contribution >= 4 is 58.1 Å². The molecule has 0 saturated carbocycles. The first-order chi connectivity index (χ1) is 15.7. The molecule has 0 saturated heterocycles. The van der Waals surface area contributed by atoms with Gasteiger partial charge >= 0.3 is 0 Å². The summed E-state index contributed by atoms with van der Waals surface area (Å²) in [6, 6.07) is 11.2. The lowest BCUT2D eigenvalue weighted by atomic mass is 10.1. The molecule has 0 fully saturated rings. The molecule has 0 unspecified atom stereocenters. The number of halogens is 3. The average molecular weight is 506 g/mol. The van der Waals surface area contributed by atoms with Gasteiger partial charge in [-0.25, -0.2) is 9.97 Å². The van der Waals surface area contributed by atoms with E-state index in [0.717, 1.165) is 0 Å². The third kappa shape index (κ3) is 6.07. The number of carbonyl (C=O) groups excluding carboxylic acids is 3. The van der Waals surface area contributed by atoms with Crippen molar-refractivity contribution in [2.24, 2.45) is 0 Å². The second-order valence-corrected chi connectivity index (χ2v) is 8.49. The summed E-state index contributed by atoms with van der Waals surface area (Å²) in [4.78, 5) is 48.6. The van der Waals surface area contributed by atoms with Crippen molar-refractivity contribution in [2.45, 2.75) is 13.0 Å². The number of anilines is 1. The number of hydrogen-bond acceptors (Lipinski definition) is 5. The van der Waals surface area contributed by atoms with Gasteiger partial charge in [-0.2, -0.15) is 0 Å². The average Bonchev–Trinajstić information content (AvgIpc) is 2.79. The number of ketones is 1. The van der Waals surface area contributed by atoms with E-state index in [2.05, 4.69) is 9.97 Å². The van der Waals surface area contributed by atoms with E-state index in [0.29, 0.717) is 26.9 Å². The molecule has 1 heterocycles. The Morgan fingerprint density at radius 2 is 1.58 bits per heavy atom. The Bertz CT molecular complexity index is 1200. The van der Waals surface area contributed by atoms with Gasteiger partial charge in [0.2, 0.25) is 11.7 Å². The Kier molecular flexibility index (Phi) is 8.02. The molecule has 3 rings (SSSR count). The molecule has 0 spiro atoms. The number of rotatable bonds is 7. The van der Waals surface area contributed by atoms with Crippen molar-refractivity contribution in [3.8, 4) is 0 Å². The molecule has 2 aromatic carbocycles. The second-order valence-electron chi connectivity index (χ2n) is 7.26. The van der Waals surface area contributed by atoms with E-state index < -0.39 is 18.1 Å². The second kappa shape index (κ2) is 10.7. The predicted octanol–water partition coefficient (Wildman–Crippen LogP) is 4.94. The van der Waals surface area contributed by atoms with E-state index in [4.69, 9.17) is 34.8 Å². The van der Waals surface area contributed by atoms with Crippen LogP contribution < -0.4 is 4.90 Å². The number of nitrogens with zero attached hydrogens (tertiary/aromatic N) is 4. The van der Waals surface area contributed by atoms with Crippen LogP contribution in [0.2, 0.25) is 15.1 Å². The highest BCUT2D eigenvalue weighted by atomic mass is 35.5. The maximum Gasteiger partial charge on any atom is 0.254 e. The van der Waals surface area contributed by atoms with Crippen molar-refractivity contribution in [1.82, 2.24) is 14.9 Å². The third-order valence-electron chi connectivity index (χ3n) is 4.65. The summed E-state index contributed by atoms with van der Waals surface area (Å²) < 4.78 is 0. The number of aromatic nitrogens is 2. The summed E-state index contributed by atoms with van der Waals surface area (Å²) in [6.45, 7) is 0.0932. The van der Waals surface area contributed by atoms with E-state index in [1.165, 1.54) is 34.3 Å². The van der Waals surface area contributed by atoms with E-state index in [9.17, 15) is 14.4 Å². The first kappa shape index (κ1) is 24.6. The highest BCUT2D eigenvalue weighted by Gasteiger charge is 2.23. The Morgan fingerprint density at radius 3 is 2.18 bits per heavy atom. The van der Waals surface area contributed by atoms with Gasteiger partial charge in [0.15, 0.2) is 5.82 Å². The van der Waals surface area contributed by atoms with Crippen LogP contribution in [0.3, 0.4) is 0 Å². The van der Waals surface area contributed by atoms with E-state index in [-0.39, 0.29) is 23.3 Å². The topological polar surface area (TPSA) is 83.5 Å². The minimum atomic E-state index is -0.523. The van der Waals surface area contributed by atoms with Gasteiger partial charge in [-0.3, -0.25) is 14.4 Å². The smallest absolute Gasteiger partial charge is 0.254 e. The molecule has 0 aliphatic carbocycles. The first-order valence-electron chi connectivity index (χ1n) is 9.73. The van der Waals surface area contributed by atoms with Gasteiger partial charge in [-0.05, 0) is 42.0 Å². The normalized spacial score (nSPS) is 10.6. The molecule has 1 aromatic heterocycles. The minimum Gasteiger partial charge on any atom is -0.345 e. The Labute approximate surface area is 205 Å². The Hall–Kier alpha value is -3.00. The lowest BCUT2D eigenvalue weighted by Gasteiger charge is -2.24. The molecular weight excluding hydrogens is 487 g/mol. The maximum absolute atomic E-state index is 13.2. The van der Waals surface area contributed by atoms with Crippen LogP contribution in [0.4, 0.5) is 5.69 Å². The van der Waals surface area contributed by atoms with E-state index >= 15 is 0 Å². The molecule has 0 N–H and O–H groups in total. The van der Waals surface area contributed by atoms with Gasteiger partial charge in [0.25, 0.3) is 5.91 Å². The minimum absolute atomic E-state index is 0.0507. The number of hydrogen-bond donors (Lipinski definition) is 0. The van der Waals surface area contributed by atoms with Gasteiger partial charge in [-0.15, -0.1) is 0 Å². The molecule has 0 radical (unpaired) electrons. The maximum atomic E-state index is 13.2. The zero-order valence-electron chi connectivity index (χ0n) is 17.8. The summed E-state index contributed by atoms with van der Waals surface area (Å²) >= 11 is 18.5. The molecule has 0 aliphatic heterocycles. The predicted molar refractivity (Wildman–Crippen MR) is 128 cm³/mol. The van der Waals surface area contributed by atoms with Crippen LogP contribution in [0.1, 0.15) is 33.0 Å². The summed E-state index contributed by atoms with van der Waals surface area (Å²) in [5, 5.41) is 0.889. The molecule has 3 aromatic rings. The highest BCUT2D eigenvalue weighted by molar-refractivity contribution is 6.42. The molecule has 2 amide bonds. The van der Waals surface area contributed by atoms with Crippen LogP contribution in [0, 0.1) is 0 Å². The molecule has 170 valence electrons. The van der Waals surface area contributed by atoms with Crippen molar-refractivity contribution in [3.05, 3.63) is 86.9 Å². The first-order valence-corrected chi connectivity index (χ1v) is 10.9. The molecule has 0 bridgehead atoms. The fraction of sp³-hybridized carbons (Fsp3) is 0.174. The standard InChI is InChI=1S/C23H19Cl3N4O3/c1-29(2)23(33)16-6-5-15(11-18(16)25)30(13-14-4-7-17(24)19(26)10-14)21(32)12-20(31)22-27-8-3-9-28-22/h3-11H,12-13H2,1-2H3. The third-order valence-corrected chi connectivity index (χ3v) is 5.71. The lowest BCUT2D eigenvalue weighted by molar-refractivity contribution is -0.117. The summed E-state index contributed by atoms with van der Waals surface area (Å²) in [6.07, 6.45) is 2.40. The molecule has 0 atom stereocenters. The van der Waals surface area contributed by atoms with Crippen molar-refractivity contribution < 1.29 is 14.4 Å². The zero-order chi connectivity index (χ0) is 24.1. The number of Topliss-reactive ketones (excluding diaryl/α,β-unsaturated/α-hetero) is 1. The number of amides is 2. The van der Waals surface area contributed by atoms with Crippen LogP contribution in [0.15, 0.2) is 54.9 Å². The number of carbonyl (C=O) groups is 3. The van der Waals surface area contributed by atoms with Gasteiger partial charge < -0.3 is 9.80 Å². The molecule has 33 heavy (non-hydrogen) atoms. The summed E-state index contributed by atoms with van der Waals surface area (Å²) in [7, 11) is 3.23. The molecule has 10 heteroatoms. The summed E-state index contributed by atoms with van der Waals surface area (Å²) in [5.74, 6) is -1.35. The van der Waals surface area contributed by atoms with Crippen LogP contribution in [0.5, 0.6) is 0 Å². The Balaban J connectivity index is 1.95. The Morgan fingerprint density at radius 1 is 0.879 bits per heavy atom. The van der Waals surface area contributed by atoms with Crippen LogP contribution in [-0.4, -0.2) is 46.6 Å². The quantitative estimate of drug-likeness (QED) is 0.335. The van der Waals surface area contributed by atoms with Crippen LogP contribution in [-0.2, 0) is 11.3 Å². The largest absolute Gasteiger partial charge is 0.345 e. The van der Waals surface area contributed by atoms with Crippen molar-refractivity contribution in [1.29, 1.82) is 0 Å². The highest BCUT2D eigenvalue weighted by Crippen LogP contribution is 2.28. The van der Waals surface area contributed by atoms with Crippen molar-refractivity contribution in [2.75, 3.05) is 19.0 Å². The van der Waals surface area contributed by atoms with Gasteiger partial charge in [0.1, 0.15) is 0 Å². The van der Waals surface area contributed by atoms with Gasteiger partial charge in [0, 0.05) is 32.2 Å². The van der Waals surface area contributed by atoms with E-state index in [1.807, 2.05) is 0 Å². The lowest BCUT2D eigenvalue weighted by Crippen LogP contribution is -2.32. The van der Waals surface area contributed by atoms with Crippen LogP contribution >= 0.6 is 34.8 Å².